The molecule has 7 nitrogen and oxygen atoms in total. The Hall–Kier alpha value is -2.96. The van der Waals surface area contributed by atoms with Crippen LogP contribution in [0.4, 0.5) is 5.69 Å². The second-order valence-corrected chi connectivity index (χ2v) is 7.59. The minimum atomic E-state index is -0.565. The molecule has 0 aliphatic heterocycles. The van der Waals surface area contributed by atoms with Gasteiger partial charge in [0.1, 0.15) is 5.75 Å². The van der Waals surface area contributed by atoms with Crippen LogP contribution in [0.15, 0.2) is 30.3 Å². The zero-order chi connectivity index (χ0) is 19.8. The number of hydrogen-bond acceptors (Lipinski definition) is 5. The van der Waals surface area contributed by atoms with Crippen LogP contribution in [0.3, 0.4) is 0 Å². The number of ether oxygens (including phenoxy) is 1. The molecule has 0 fully saturated rings. The van der Waals surface area contributed by atoms with Gasteiger partial charge in [-0.05, 0) is 32.0 Å². The van der Waals surface area contributed by atoms with E-state index < -0.39 is 5.41 Å². The lowest BCUT2D eigenvalue weighted by Crippen LogP contribution is -2.39. The van der Waals surface area contributed by atoms with E-state index in [0.29, 0.717) is 23.0 Å². The summed E-state index contributed by atoms with van der Waals surface area (Å²) in [7, 11) is 1.60. The normalized spacial score (nSPS) is 11.6. The topological polar surface area (TPSA) is 72.6 Å². The van der Waals surface area contributed by atoms with Crippen molar-refractivity contribution in [1.82, 2.24) is 19.6 Å². The smallest absolute Gasteiger partial charge is 0.252 e. The van der Waals surface area contributed by atoms with Gasteiger partial charge in [0.2, 0.25) is 5.91 Å². The highest BCUT2D eigenvalue weighted by molar-refractivity contribution is 5.98. The molecule has 0 saturated heterocycles. The van der Waals surface area contributed by atoms with Crippen LogP contribution in [0.2, 0.25) is 0 Å². The van der Waals surface area contributed by atoms with E-state index in [2.05, 4.69) is 15.1 Å². The molecule has 3 rings (SSSR count). The number of fused-ring (bicyclic) bond motifs is 1. The molecule has 0 saturated carbocycles. The summed E-state index contributed by atoms with van der Waals surface area (Å²) in [6.45, 7) is 9.79. The van der Waals surface area contributed by atoms with E-state index in [1.807, 2.05) is 65.0 Å². The third kappa shape index (κ3) is 3.77. The molecular weight excluding hydrogens is 342 g/mol. The minimum absolute atomic E-state index is 0.0354. The molecule has 0 spiro atoms. The maximum Gasteiger partial charge on any atom is 0.252 e. The van der Waals surface area contributed by atoms with E-state index in [-0.39, 0.29) is 12.5 Å². The summed E-state index contributed by atoms with van der Waals surface area (Å²) in [5.74, 6) is 1.65. The molecule has 0 bridgehead atoms. The maximum absolute atomic E-state index is 13.2. The molecule has 7 heteroatoms. The first-order chi connectivity index (χ1) is 12.7. The number of aromatic nitrogens is 4. The Labute approximate surface area is 159 Å². The van der Waals surface area contributed by atoms with Gasteiger partial charge in [0, 0.05) is 16.8 Å². The average Bonchev–Trinajstić information content (AvgIpc) is 3.01. The van der Waals surface area contributed by atoms with Crippen LogP contribution >= 0.6 is 0 Å². The Kier molecular flexibility index (Phi) is 4.87. The van der Waals surface area contributed by atoms with Gasteiger partial charge in [0.15, 0.2) is 5.82 Å². The molecule has 0 aliphatic carbocycles. The summed E-state index contributed by atoms with van der Waals surface area (Å²) in [4.78, 5) is 23.8. The van der Waals surface area contributed by atoms with Crippen LogP contribution in [0.25, 0.3) is 5.78 Å². The van der Waals surface area contributed by atoms with Crippen LogP contribution in [0, 0.1) is 19.3 Å². The molecule has 142 valence electrons. The molecule has 2 heterocycles. The molecule has 2 aromatic heterocycles. The van der Waals surface area contributed by atoms with Crippen molar-refractivity contribution in [3.63, 3.8) is 0 Å². The number of amides is 1. The van der Waals surface area contributed by atoms with E-state index in [0.717, 1.165) is 11.4 Å². The molecule has 1 aromatic carbocycles. The van der Waals surface area contributed by atoms with E-state index in [9.17, 15) is 4.79 Å². The number of carbonyl (C=O) groups is 1. The minimum Gasteiger partial charge on any atom is -0.495 e. The van der Waals surface area contributed by atoms with Crippen LogP contribution in [-0.4, -0.2) is 32.6 Å². The molecule has 27 heavy (non-hydrogen) atoms. The monoisotopic (exact) mass is 367 g/mol. The summed E-state index contributed by atoms with van der Waals surface area (Å²) in [6.07, 6.45) is 0. The quantitative estimate of drug-likeness (QED) is 0.707. The van der Waals surface area contributed by atoms with Gasteiger partial charge < -0.3 is 9.64 Å². The van der Waals surface area contributed by atoms with Crippen molar-refractivity contribution in [2.45, 2.75) is 41.2 Å². The molecule has 3 aromatic rings. The molecule has 0 unspecified atom stereocenters. The lowest BCUT2D eigenvalue weighted by molar-refractivity contribution is -0.126. The highest BCUT2D eigenvalue weighted by Gasteiger charge is 2.31. The van der Waals surface area contributed by atoms with E-state index >= 15 is 0 Å². The van der Waals surface area contributed by atoms with Gasteiger partial charge in [0.25, 0.3) is 5.78 Å². The Morgan fingerprint density at radius 1 is 1.19 bits per heavy atom. The Bertz CT molecular complexity index is 988. The number of nitrogens with zero attached hydrogens (tertiary/aromatic N) is 5. The third-order valence-electron chi connectivity index (χ3n) is 4.22. The first-order valence-electron chi connectivity index (χ1n) is 8.85. The van der Waals surface area contributed by atoms with Gasteiger partial charge in [-0.2, -0.15) is 4.98 Å². The predicted octanol–water partition coefficient (Wildman–Crippen LogP) is 3.33. The number of rotatable bonds is 4. The number of aryl methyl sites for hydroxylation is 2. The molecule has 0 aliphatic rings. The van der Waals surface area contributed by atoms with Crippen molar-refractivity contribution < 1.29 is 9.53 Å². The molecule has 1 amide bonds. The summed E-state index contributed by atoms with van der Waals surface area (Å²) >= 11 is 0. The number of carbonyl (C=O) groups excluding carboxylic acids is 1. The van der Waals surface area contributed by atoms with Crippen molar-refractivity contribution in [3.8, 4) is 5.75 Å². The fourth-order valence-corrected chi connectivity index (χ4v) is 2.94. The average molecular weight is 367 g/mol. The van der Waals surface area contributed by atoms with Crippen LogP contribution < -0.4 is 9.64 Å². The van der Waals surface area contributed by atoms with Gasteiger partial charge in [-0.15, -0.1) is 5.10 Å². The maximum atomic E-state index is 13.2. The van der Waals surface area contributed by atoms with Crippen LogP contribution in [-0.2, 0) is 11.3 Å². The zero-order valence-electron chi connectivity index (χ0n) is 16.6. The van der Waals surface area contributed by atoms with Gasteiger partial charge in [-0.3, -0.25) is 4.79 Å². The zero-order valence-corrected chi connectivity index (χ0v) is 16.6. The SMILES string of the molecule is COc1ccccc1N(Cc1nc2nc(C)cc(C)n2n1)C(=O)C(C)(C)C. The Morgan fingerprint density at radius 3 is 2.56 bits per heavy atom. The standard InChI is InChI=1S/C20H25N5O2/c1-13-11-14(2)25-19(21-13)22-17(23-25)12-24(18(26)20(3,4)5)15-9-7-8-10-16(15)27-6/h7-11H,12H2,1-6H3. The Morgan fingerprint density at radius 2 is 1.89 bits per heavy atom. The van der Waals surface area contributed by atoms with Crippen LogP contribution in [0.5, 0.6) is 5.75 Å². The number of anilines is 1. The fraction of sp³-hybridized carbons (Fsp3) is 0.400. The first-order valence-corrected chi connectivity index (χ1v) is 8.85. The van der Waals surface area contributed by atoms with Gasteiger partial charge >= 0.3 is 0 Å². The third-order valence-corrected chi connectivity index (χ3v) is 4.22. The summed E-state index contributed by atoms with van der Waals surface area (Å²) < 4.78 is 7.17. The molecular formula is C20H25N5O2. The van der Waals surface area contributed by atoms with Crippen molar-refractivity contribution in [2.75, 3.05) is 12.0 Å². The molecule has 0 atom stereocenters. The van der Waals surface area contributed by atoms with Crippen molar-refractivity contribution in [1.29, 1.82) is 0 Å². The number of para-hydroxylation sites is 2. The number of methoxy groups -OCH3 is 1. The van der Waals surface area contributed by atoms with Gasteiger partial charge in [0.05, 0.1) is 19.3 Å². The number of benzene rings is 1. The lowest BCUT2D eigenvalue weighted by Gasteiger charge is -2.29. The van der Waals surface area contributed by atoms with Crippen molar-refractivity contribution >= 4 is 17.4 Å². The fourth-order valence-electron chi connectivity index (χ4n) is 2.94. The van der Waals surface area contributed by atoms with E-state index in [4.69, 9.17) is 4.74 Å². The highest BCUT2D eigenvalue weighted by Crippen LogP contribution is 2.32. The molecule has 0 radical (unpaired) electrons. The molecule has 0 N–H and O–H groups in total. The lowest BCUT2D eigenvalue weighted by atomic mass is 9.94. The second kappa shape index (κ2) is 6.98. The Balaban J connectivity index is 2.06. The summed E-state index contributed by atoms with van der Waals surface area (Å²) in [5, 5.41) is 4.55. The van der Waals surface area contributed by atoms with Crippen molar-refractivity contribution in [2.24, 2.45) is 5.41 Å². The van der Waals surface area contributed by atoms with Crippen LogP contribution in [0.1, 0.15) is 38.0 Å². The second-order valence-electron chi connectivity index (χ2n) is 7.59. The predicted molar refractivity (Wildman–Crippen MR) is 104 cm³/mol. The summed E-state index contributed by atoms with van der Waals surface area (Å²) in [6, 6.07) is 9.41. The van der Waals surface area contributed by atoms with E-state index in [1.165, 1.54) is 0 Å². The highest BCUT2D eigenvalue weighted by atomic mass is 16.5. The first kappa shape index (κ1) is 18.8. The van der Waals surface area contributed by atoms with Crippen molar-refractivity contribution in [3.05, 3.63) is 47.5 Å². The summed E-state index contributed by atoms with van der Waals surface area (Å²) in [5.41, 5.74) is 1.96. The van der Waals surface area contributed by atoms with E-state index in [1.54, 1.807) is 16.5 Å². The largest absolute Gasteiger partial charge is 0.495 e. The van der Waals surface area contributed by atoms with Gasteiger partial charge in [-0.1, -0.05) is 32.9 Å². The number of hydrogen-bond donors (Lipinski definition) is 0. The van der Waals surface area contributed by atoms with Gasteiger partial charge in [-0.25, -0.2) is 9.50 Å².